The molecule has 1 unspecified atom stereocenters. The Bertz CT molecular complexity index is 797. The Labute approximate surface area is 150 Å². The smallest absolute Gasteiger partial charge is 0.370 e. The van der Waals surface area contributed by atoms with E-state index in [1.807, 2.05) is 19.1 Å². The Morgan fingerprint density at radius 2 is 1.65 bits per heavy atom. The molecule has 0 bridgehead atoms. The van der Waals surface area contributed by atoms with Crippen molar-refractivity contribution in [3.05, 3.63) is 59.7 Å². The van der Waals surface area contributed by atoms with Crippen LogP contribution >= 0.6 is 0 Å². The van der Waals surface area contributed by atoms with Crippen LogP contribution in [0.5, 0.6) is 5.75 Å². The largest absolute Gasteiger partial charge is 0.377 e. The van der Waals surface area contributed by atoms with E-state index in [9.17, 15) is 9.59 Å². The van der Waals surface area contributed by atoms with Crippen LogP contribution < -0.4 is 21.7 Å². The van der Waals surface area contributed by atoms with Gasteiger partial charge in [-0.05, 0) is 50.2 Å². The summed E-state index contributed by atoms with van der Waals surface area (Å²) in [6.45, 7) is 3.42. The van der Waals surface area contributed by atoms with E-state index < -0.39 is 17.9 Å². The molecule has 2 aromatic rings. The van der Waals surface area contributed by atoms with Crippen molar-refractivity contribution in [3.63, 3.8) is 0 Å². The maximum Gasteiger partial charge on any atom is 0.377 e. The molecule has 0 saturated heterocycles. The van der Waals surface area contributed by atoms with E-state index in [4.69, 9.17) is 21.2 Å². The van der Waals surface area contributed by atoms with Gasteiger partial charge in [0.25, 0.3) is 5.91 Å². The van der Waals surface area contributed by atoms with Gasteiger partial charge in [0, 0.05) is 5.56 Å². The molecule has 136 valence electrons. The molecule has 1 amide bonds. The number of nitrogens with one attached hydrogen (secondary N) is 1. The highest BCUT2D eigenvalue weighted by molar-refractivity contribution is 5.97. The summed E-state index contributed by atoms with van der Waals surface area (Å²) in [5.41, 5.74) is 12.5. The first-order valence-corrected chi connectivity index (χ1v) is 7.81. The molecule has 1 atom stereocenters. The predicted molar refractivity (Wildman–Crippen MR) is 96.7 cm³/mol. The van der Waals surface area contributed by atoms with Gasteiger partial charge in [-0.1, -0.05) is 17.7 Å². The van der Waals surface area contributed by atoms with Crippen molar-refractivity contribution in [2.45, 2.75) is 19.9 Å². The topological polar surface area (TPSA) is 129 Å². The first-order chi connectivity index (χ1) is 12.3. The van der Waals surface area contributed by atoms with Crippen molar-refractivity contribution in [1.29, 1.82) is 0 Å². The molecule has 2 rings (SSSR count). The van der Waals surface area contributed by atoms with E-state index in [1.165, 1.54) is 19.1 Å². The van der Waals surface area contributed by atoms with Gasteiger partial charge in [-0.25, -0.2) is 14.7 Å². The molecule has 0 spiro atoms. The zero-order valence-electron chi connectivity index (χ0n) is 14.4. The van der Waals surface area contributed by atoms with Crippen LogP contribution in [0.25, 0.3) is 0 Å². The van der Waals surface area contributed by atoms with Crippen molar-refractivity contribution in [1.82, 2.24) is 5.32 Å². The average Bonchev–Trinajstić information content (AvgIpc) is 2.61. The number of aliphatic imine (C=N–C) groups is 1. The zero-order chi connectivity index (χ0) is 19.1. The molecule has 0 aliphatic carbocycles. The first-order valence-electron chi connectivity index (χ1n) is 7.81. The van der Waals surface area contributed by atoms with Gasteiger partial charge in [0.2, 0.25) is 0 Å². The standard InChI is InChI=1S/C18H20N4O4/c1-11-3-9-15(10-4-11)25-26-17(24)12(2)21-16(23)13-5-7-14(8-6-13)22-18(19)20/h3-10,12H,1-2H3,(H,21,23)(H4,19,20,22). The number of nitrogens with two attached hydrogens (primary N) is 2. The number of guanidine groups is 1. The molecule has 0 saturated carbocycles. The van der Waals surface area contributed by atoms with E-state index in [2.05, 4.69) is 10.3 Å². The molecule has 0 aliphatic heterocycles. The molecule has 2 aromatic carbocycles. The summed E-state index contributed by atoms with van der Waals surface area (Å²) in [6.07, 6.45) is 0. The van der Waals surface area contributed by atoms with Crippen LogP contribution in [0.2, 0.25) is 0 Å². The zero-order valence-corrected chi connectivity index (χ0v) is 14.4. The lowest BCUT2D eigenvalue weighted by molar-refractivity contribution is -0.215. The number of carbonyl (C=O) groups is 2. The van der Waals surface area contributed by atoms with Crippen molar-refractivity contribution in [3.8, 4) is 5.75 Å². The summed E-state index contributed by atoms with van der Waals surface area (Å²) in [7, 11) is 0. The van der Waals surface area contributed by atoms with Crippen LogP contribution in [-0.4, -0.2) is 23.9 Å². The monoisotopic (exact) mass is 356 g/mol. The highest BCUT2D eigenvalue weighted by atomic mass is 17.2. The van der Waals surface area contributed by atoms with E-state index >= 15 is 0 Å². The lowest BCUT2D eigenvalue weighted by Crippen LogP contribution is -2.39. The van der Waals surface area contributed by atoms with Crippen LogP contribution in [0.4, 0.5) is 5.69 Å². The van der Waals surface area contributed by atoms with E-state index in [1.54, 1.807) is 24.3 Å². The minimum atomic E-state index is -0.898. The number of benzene rings is 2. The molecule has 8 heteroatoms. The SMILES string of the molecule is Cc1ccc(OOC(=O)C(C)NC(=O)c2ccc(N=C(N)N)cc2)cc1. The third-order valence-electron chi connectivity index (χ3n) is 3.33. The number of amides is 1. The Balaban J connectivity index is 1.88. The van der Waals surface area contributed by atoms with Gasteiger partial charge in [-0.15, -0.1) is 0 Å². The Morgan fingerprint density at radius 1 is 1.04 bits per heavy atom. The summed E-state index contributed by atoms with van der Waals surface area (Å²) in [5.74, 6) is -0.859. The molecular weight excluding hydrogens is 336 g/mol. The van der Waals surface area contributed by atoms with Crippen LogP contribution in [0.15, 0.2) is 53.5 Å². The minimum Gasteiger partial charge on any atom is -0.370 e. The van der Waals surface area contributed by atoms with Crippen LogP contribution in [-0.2, 0) is 9.68 Å². The van der Waals surface area contributed by atoms with E-state index in [0.717, 1.165) is 5.56 Å². The molecule has 8 nitrogen and oxygen atoms in total. The molecule has 0 fully saturated rings. The highest BCUT2D eigenvalue weighted by Gasteiger charge is 2.19. The van der Waals surface area contributed by atoms with Gasteiger partial charge in [0.05, 0.1) is 5.69 Å². The third kappa shape index (κ3) is 5.52. The van der Waals surface area contributed by atoms with Crippen molar-refractivity contribution in [2.24, 2.45) is 16.5 Å². The van der Waals surface area contributed by atoms with Crippen LogP contribution in [0, 0.1) is 6.92 Å². The molecule has 0 aliphatic rings. The first kappa shape index (κ1) is 18.8. The fourth-order valence-electron chi connectivity index (χ4n) is 1.93. The summed E-state index contributed by atoms with van der Waals surface area (Å²) < 4.78 is 0. The number of rotatable bonds is 6. The molecule has 0 heterocycles. The number of nitrogens with zero attached hydrogens (tertiary/aromatic N) is 1. The number of carbonyl (C=O) groups excluding carboxylic acids is 2. The maximum absolute atomic E-state index is 12.2. The summed E-state index contributed by atoms with van der Waals surface area (Å²) >= 11 is 0. The maximum atomic E-state index is 12.2. The van der Waals surface area contributed by atoms with Crippen molar-refractivity contribution >= 4 is 23.5 Å². The normalized spacial score (nSPS) is 11.2. The fraction of sp³-hybridized carbons (Fsp3) is 0.167. The lowest BCUT2D eigenvalue weighted by atomic mass is 10.2. The van der Waals surface area contributed by atoms with Gasteiger partial charge in [-0.2, -0.15) is 0 Å². The van der Waals surface area contributed by atoms with Crippen molar-refractivity contribution in [2.75, 3.05) is 0 Å². The minimum absolute atomic E-state index is 0.0767. The lowest BCUT2D eigenvalue weighted by Gasteiger charge is -2.12. The average molecular weight is 356 g/mol. The fourth-order valence-corrected chi connectivity index (χ4v) is 1.93. The summed E-state index contributed by atoms with van der Waals surface area (Å²) in [5, 5.41) is 2.52. The number of aryl methyl sites for hydroxylation is 1. The Kier molecular flexibility index (Phi) is 6.15. The number of hydrogen-bond acceptors (Lipinski definition) is 5. The van der Waals surface area contributed by atoms with Gasteiger partial charge in [0.1, 0.15) is 6.04 Å². The molecule has 5 N–H and O–H groups in total. The Hall–Kier alpha value is -3.55. The molecule has 0 radical (unpaired) electrons. The second-order valence-corrected chi connectivity index (χ2v) is 5.58. The summed E-state index contributed by atoms with van der Waals surface area (Å²) in [4.78, 5) is 37.6. The quantitative estimate of drug-likeness (QED) is 0.312. The predicted octanol–water partition coefficient (Wildman–Crippen LogP) is 1.56. The van der Waals surface area contributed by atoms with Gasteiger partial charge < -0.3 is 16.8 Å². The van der Waals surface area contributed by atoms with Crippen LogP contribution in [0.1, 0.15) is 22.8 Å². The van der Waals surface area contributed by atoms with Gasteiger partial charge in [0.15, 0.2) is 11.7 Å². The van der Waals surface area contributed by atoms with E-state index in [-0.39, 0.29) is 5.96 Å². The highest BCUT2D eigenvalue weighted by Crippen LogP contribution is 2.13. The molecule has 26 heavy (non-hydrogen) atoms. The Morgan fingerprint density at radius 3 is 2.23 bits per heavy atom. The molecular formula is C18H20N4O4. The second-order valence-electron chi connectivity index (χ2n) is 5.58. The number of hydrogen-bond donors (Lipinski definition) is 3. The van der Waals surface area contributed by atoms with E-state index in [0.29, 0.717) is 17.0 Å². The van der Waals surface area contributed by atoms with Gasteiger partial charge in [-0.3, -0.25) is 9.68 Å². The second kappa shape index (κ2) is 8.52. The van der Waals surface area contributed by atoms with Gasteiger partial charge >= 0.3 is 5.97 Å². The summed E-state index contributed by atoms with van der Waals surface area (Å²) in [6, 6.07) is 12.3. The van der Waals surface area contributed by atoms with Crippen molar-refractivity contribution < 1.29 is 19.4 Å². The van der Waals surface area contributed by atoms with Crippen LogP contribution in [0.3, 0.4) is 0 Å². The third-order valence-corrected chi connectivity index (χ3v) is 3.33. The molecule has 0 aromatic heterocycles.